The maximum Gasteiger partial charge on any atom is 0.267 e. The van der Waals surface area contributed by atoms with Gasteiger partial charge in [-0.05, 0) is 14.0 Å². The molecule has 0 radical (unpaired) electrons. The van der Waals surface area contributed by atoms with Gasteiger partial charge >= 0.3 is 0 Å². The number of aromatic nitrogens is 5. The number of carbonyl (C=O) groups is 1. The largest absolute Gasteiger partial charge is 0.364 e. The lowest BCUT2D eigenvalue weighted by Gasteiger charge is -2.10. The van der Waals surface area contributed by atoms with E-state index in [1.165, 1.54) is 23.4 Å². The fourth-order valence-corrected chi connectivity index (χ4v) is 1.45. The molecule has 3 N–H and O–H groups in total. The van der Waals surface area contributed by atoms with Gasteiger partial charge in [-0.1, -0.05) is 0 Å². The molecule has 0 aliphatic carbocycles. The lowest BCUT2D eigenvalue weighted by atomic mass is 10.3. The van der Waals surface area contributed by atoms with Gasteiger partial charge in [-0.2, -0.15) is 9.78 Å². The molecule has 2 rings (SSSR count). The highest BCUT2D eigenvalue weighted by molar-refractivity contribution is 5.90. The van der Waals surface area contributed by atoms with Crippen molar-refractivity contribution in [2.45, 2.75) is 13.0 Å². The van der Waals surface area contributed by atoms with Gasteiger partial charge in [0.1, 0.15) is 18.3 Å². The smallest absolute Gasteiger partial charge is 0.267 e. The van der Waals surface area contributed by atoms with E-state index in [0.29, 0.717) is 11.6 Å². The van der Waals surface area contributed by atoms with Crippen molar-refractivity contribution in [3.05, 3.63) is 30.2 Å². The number of rotatable bonds is 4. The van der Waals surface area contributed by atoms with Crippen LogP contribution in [0.15, 0.2) is 18.7 Å². The number of amides is 1. The zero-order chi connectivity index (χ0) is 13.1. The Morgan fingerprint density at radius 3 is 2.83 bits per heavy atom. The van der Waals surface area contributed by atoms with E-state index in [4.69, 9.17) is 5.73 Å². The molecular weight excluding hydrogens is 234 g/mol. The molecule has 0 aromatic carbocycles. The van der Waals surface area contributed by atoms with E-state index < -0.39 is 5.91 Å². The van der Waals surface area contributed by atoms with E-state index in [1.54, 1.807) is 0 Å². The van der Waals surface area contributed by atoms with Gasteiger partial charge in [0.25, 0.3) is 5.91 Å². The highest BCUT2D eigenvalue weighted by Crippen LogP contribution is 2.12. The highest BCUT2D eigenvalue weighted by atomic mass is 16.1. The van der Waals surface area contributed by atoms with E-state index in [2.05, 4.69) is 25.4 Å². The zero-order valence-electron chi connectivity index (χ0n) is 10.0. The Balaban J connectivity index is 2.46. The summed E-state index contributed by atoms with van der Waals surface area (Å²) in [6, 6.07) is 1.47. The van der Waals surface area contributed by atoms with Crippen LogP contribution < -0.4 is 11.1 Å². The molecule has 0 aliphatic heterocycles. The van der Waals surface area contributed by atoms with Gasteiger partial charge in [0, 0.05) is 6.07 Å². The minimum atomic E-state index is -0.609. The number of nitrogens with zero attached hydrogens (tertiary/aromatic N) is 5. The van der Waals surface area contributed by atoms with Crippen LogP contribution in [-0.2, 0) is 0 Å². The Labute approximate surface area is 103 Å². The summed E-state index contributed by atoms with van der Waals surface area (Å²) in [6.07, 6.45) is 2.69. The molecule has 8 nitrogen and oxygen atoms in total. The van der Waals surface area contributed by atoms with Crippen molar-refractivity contribution < 1.29 is 4.79 Å². The van der Waals surface area contributed by atoms with Crippen LogP contribution in [0.4, 0.5) is 0 Å². The number of hydrogen-bond acceptors (Lipinski definition) is 6. The first kappa shape index (κ1) is 12.1. The summed E-state index contributed by atoms with van der Waals surface area (Å²) >= 11 is 0. The van der Waals surface area contributed by atoms with Crippen LogP contribution in [0.2, 0.25) is 0 Å². The lowest BCUT2D eigenvalue weighted by molar-refractivity contribution is 0.0995. The Hall–Kier alpha value is -2.35. The summed E-state index contributed by atoms with van der Waals surface area (Å²) in [5, 5.41) is 7.14. The van der Waals surface area contributed by atoms with E-state index in [-0.39, 0.29) is 11.7 Å². The average Bonchev–Trinajstić information content (AvgIpc) is 2.87. The van der Waals surface area contributed by atoms with Gasteiger partial charge < -0.3 is 11.1 Å². The third-order valence-electron chi connectivity index (χ3n) is 2.52. The molecule has 1 amide bonds. The van der Waals surface area contributed by atoms with Gasteiger partial charge in [0.2, 0.25) is 0 Å². The topological polar surface area (TPSA) is 112 Å². The molecule has 0 unspecified atom stereocenters. The minimum Gasteiger partial charge on any atom is -0.364 e. The second-order valence-electron chi connectivity index (χ2n) is 3.67. The van der Waals surface area contributed by atoms with Crippen molar-refractivity contribution in [1.29, 1.82) is 0 Å². The average molecular weight is 247 g/mol. The number of carbonyl (C=O) groups excluding carboxylic acids is 1. The van der Waals surface area contributed by atoms with E-state index in [1.807, 2.05) is 14.0 Å². The predicted molar refractivity (Wildman–Crippen MR) is 62.9 cm³/mol. The van der Waals surface area contributed by atoms with Crippen molar-refractivity contribution >= 4 is 5.91 Å². The maximum atomic E-state index is 11.1. The summed E-state index contributed by atoms with van der Waals surface area (Å²) in [4.78, 5) is 23.1. The standard InChI is InChI=1S/C10H13N7O/c1-6(12-2)10-15-5-16-17(10)8-3-7(9(11)18)13-4-14-8/h3-6,12H,1-2H3,(H2,11,18)/t6-/m0/s1. The molecule has 0 saturated heterocycles. The van der Waals surface area contributed by atoms with Crippen LogP contribution in [0.5, 0.6) is 0 Å². The van der Waals surface area contributed by atoms with Crippen molar-refractivity contribution in [1.82, 2.24) is 30.0 Å². The molecule has 8 heteroatoms. The lowest BCUT2D eigenvalue weighted by Crippen LogP contribution is -2.19. The van der Waals surface area contributed by atoms with Gasteiger partial charge in [-0.3, -0.25) is 4.79 Å². The van der Waals surface area contributed by atoms with Crippen LogP contribution in [0, 0.1) is 0 Å². The molecule has 2 aromatic heterocycles. The summed E-state index contributed by atoms with van der Waals surface area (Å²) < 4.78 is 1.54. The molecular formula is C10H13N7O. The Morgan fingerprint density at radius 1 is 1.39 bits per heavy atom. The van der Waals surface area contributed by atoms with Gasteiger partial charge in [-0.15, -0.1) is 0 Å². The number of nitrogens with one attached hydrogen (secondary N) is 1. The molecule has 1 atom stereocenters. The highest BCUT2D eigenvalue weighted by Gasteiger charge is 2.14. The maximum absolute atomic E-state index is 11.1. The Bertz CT molecular complexity index is 565. The summed E-state index contributed by atoms with van der Waals surface area (Å²) in [7, 11) is 1.82. The quantitative estimate of drug-likeness (QED) is 0.748. The normalized spacial score (nSPS) is 12.3. The molecule has 18 heavy (non-hydrogen) atoms. The number of hydrogen-bond donors (Lipinski definition) is 2. The zero-order valence-corrected chi connectivity index (χ0v) is 10.0. The van der Waals surface area contributed by atoms with Crippen molar-refractivity contribution in [2.24, 2.45) is 5.73 Å². The Kier molecular flexibility index (Phi) is 3.28. The second-order valence-corrected chi connectivity index (χ2v) is 3.67. The minimum absolute atomic E-state index is 0.000469. The number of primary amides is 1. The van der Waals surface area contributed by atoms with Crippen molar-refractivity contribution in [3.8, 4) is 5.82 Å². The molecule has 0 aliphatic rings. The number of nitrogens with two attached hydrogens (primary N) is 1. The third-order valence-corrected chi connectivity index (χ3v) is 2.52. The van der Waals surface area contributed by atoms with Gasteiger partial charge in [0.15, 0.2) is 11.6 Å². The first-order chi connectivity index (χ1) is 8.63. The molecule has 0 bridgehead atoms. The van der Waals surface area contributed by atoms with Crippen LogP contribution in [0.25, 0.3) is 5.82 Å². The molecule has 0 fully saturated rings. The van der Waals surface area contributed by atoms with Gasteiger partial charge in [-0.25, -0.2) is 15.0 Å². The second kappa shape index (κ2) is 4.88. The summed E-state index contributed by atoms with van der Waals surface area (Å²) in [5.41, 5.74) is 5.31. The SMILES string of the molecule is CN[C@@H](C)c1ncnn1-c1cc(C(N)=O)ncn1. The predicted octanol–water partition coefficient (Wildman–Crippen LogP) is -0.563. The first-order valence-corrected chi connectivity index (χ1v) is 5.33. The van der Waals surface area contributed by atoms with E-state index >= 15 is 0 Å². The van der Waals surface area contributed by atoms with Crippen LogP contribution in [0.1, 0.15) is 29.3 Å². The molecule has 2 aromatic rings. The molecule has 2 heterocycles. The van der Waals surface area contributed by atoms with Crippen LogP contribution >= 0.6 is 0 Å². The van der Waals surface area contributed by atoms with E-state index in [9.17, 15) is 4.79 Å². The monoisotopic (exact) mass is 247 g/mol. The fourth-order valence-electron chi connectivity index (χ4n) is 1.45. The van der Waals surface area contributed by atoms with Crippen molar-refractivity contribution in [2.75, 3.05) is 7.05 Å². The third kappa shape index (κ3) is 2.18. The Morgan fingerprint density at radius 2 is 2.17 bits per heavy atom. The summed E-state index contributed by atoms with van der Waals surface area (Å²) in [6.45, 7) is 1.94. The first-order valence-electron chi connectivity index (χ1n) is 5.33. The van der Waals surface area contributed by atoms with E-state index in [0.717, 1.165) is 0 Å². The van der Waals surface area contributed by atoms with Crippen LogP contribution in [-0.4, -0.2) is 37.7 Å². The summed E-state index contributed by atoms with van der Waals surface area (Å²) in [5.74, 6) is 0.530. The fraction of sp³-hybridized carbons (Fsp3) is 0.300. The molecule has 0 spiro atoms. The van der Waals surface area contributed by atoms with Crippen LogP contribution in [0.3, 0.4) is 0 Å². The van der Waals surface area contributed by atoms with Gasteiger partial charge in [0.05, 0.1) is 6.04 Å². The van der Waals surface area contributed by atoms with Crippen molar-refractivity contribution in [3.63, 3.8) is 0 Å². The molecule has 0 saturated carbocycles. The molecule has 94 valence electrons.